The molecule has 7 nitrogen and oxygen atoms in total. The second-order valence-electron chi connectivity index (χ2n) is 2.30. The van der Waals surface area contributed by atoms with Gasteiger partial charge in [0.1, 0.15) is 0 Å². The monoisotopic (exact) mass is 213 g/mol. The van der Waals surface area contributed by atoms with Crippen LogP contribution < -0.4 is 16.8 Å². The summed E-state index contributed by atoms with van der Waals surface area (Å²) in [4.78, 5) is 11.7. The van der Waals surface area contributed by atoms with E-state index in [0.29, 0.717) is 17.6 Å². The number of anilines is 2. The Hall–Kier alpha value is -1.57. The lowest BCUT2D eigenvalue weighted by Gasteiger charge is -2.03. The van der Waals surface area contributed by atoms with Crippen molar-refractivity contribution in [2.45, 2.75) is 12.1 Å². The number of nitrogens with zero attached hydrogens (tertiary/aromatic N) is 3. The molecule has 0 bridgehead atoms. The van der Waals surface area contributed by atoms with E-state index in [1.54, 1.807) is 0 Å². The molecule has 0 atom stereocenters. The Bertz CT molecular complexity index is 339. The fourth-order valence-electron chi connectivity index (χ4n) is 0.753. The highest BCUT2D eigenvalue weighted by Gasteiger charge is 2.05. The normalized spacial score (nSPS) is 9.79. The van der Waals surface area contributed by atoms with Gasteiger partial charge in [-0.15, -0.1) is 0 Å². The maximum Gasteiger partial charge on any atom is 0.228 e. The summed E-state index contributed by atoms with van der Waals surface area (Å²) in [5.41, 5.74) is 10.6. The van der Waals surface area contributed by atoms with E-state index in [4.69, 9.17) is 16.9 Å². The summed E-state index contributed by atoms with van der Waals surface area (Å²) in [6, 6.07) is 0. The molecule has 76 valence electrons. The molecule has 14 heavy (non-hydrogen) atoms. The van der Waals surface area contributed by atoms with E-state index in [1.807, 2.05) is 6.92 Å². The third kappa shape index (κ3) is 3.05. The minimum absolute atomic E-state index is 0.0851. The molecule has 0 saturated heterocycles. The summed E-state index contributed by atoms with van der Waals surface area (Å²) in [6.07, 6.45) is 0. The fraction of sp³-hybridized carbons (Fsp3) is 0.333. The highest BCUT2D eigenvalue weighted by Crippen LogP contribution is 2.14. The Morgan fingerprint density at radius 1 is 1.50 bits per heavy atom. The quantitative estimate of drug-likeness (QED) is 0.313. The molecule has 1 rings (SSSR count). The molecule has 1 aromatic heterocycles. The van der Waals surface area contributed by atoms with Gasteiger partial charge in [-0.25, -0.2) is 0 Å². The van der Waals surface area contributed by atoms with Crippen LogP contribution in [0.2, 0.25) is 0 Å². The van der Waals surface area contributed by atoms with Crippen LogP contribution in [0.15, 0.2) is 5.16 Å². The van der Waals surface area contributed by atoms with Gasteiger partial charge in [0.25, 0.3) is 0 Å². The topological polar surface area (TPSA) is 127 Å². The first-order chi connectivity index (χ1) is 6.61. The summed E-state index contributed by atoms with van der Waals surface area (Å²) in [5.74, 6) is 0.503. The van der Waals surface area contributed by atoms with E-state index in [9.17, 15) is 0 Å². The molecule has 0 unspecified atom stereocenters. The van der Waals surface area contributed by atoms with Crippen LogP contribution in [0.25, 0.3) is 0 Å². The summed E-state index contributed by atoms with van der Waals surface area (Å²) in [6.45, 7) is 2.60. The number of amidine groups is 1. The van der Waals surface area contributed by atoms with E-state index >= 15 is 0 Å². The van der Waals surface area contributed by atoms with Crippen molar-refractivity contribution in [3.05, 3.63) is 0 Å². The predicted octanol–water partition coefficient (Wildman–Crippen LogP) is -0.129. The third-order valence-electron chi connectivity index (χ3n) is 1.17. The van der Waals surface area contributed by atoms with Crippen LogP contribution >= 0.6 is 11.8 Å². The first-order valence-electron chi connectivity index (χ1n) is 3.89. The second kappa shape index (κ2) is 4.61. The van der Waals surface area contributed by atoms with Crippen LogP contribution in [0.4, 0.5) is 11.9 Å². The van der Waals surface area contributed by atoms with E-state index in [1.165, 1.54) is 0 Å². The molecule has 0 saturated carbocycles. The van der Waals surface area contributed by atoms with E-state index in [2.05, 4.69) is 20.3 Å². The average molecular weight is 213 g/mol. The van der Waals surface area contributed by atoms with Gasteiger partial charge >= 0.3 is 0 Å². The number of nitrogens with two attached hydrogens (primary N) is 2. The number of aromatic nitrogens is 3. The lowest BCUT2D eigenvalue weighted by molar-refractivity contribution is 0.913. The van der Waals surface area contributed by atoms with Crippen molar-refractivity contribution < 1.29 is 0 Å². The van der Waals surface area contributed by atoms with Gasteiger partial charge < -0.3 is 16.8 Å². The average Bonchev–Trinajstić information content (AvgIpc) is 2.01. The van der Waals surface area contributed by atoms with E-state index < -0.39 is 0 Å². The lowest BCUT2D eigenvalue weighted by Crippen LogP contribution is -2.10. The molecule has 0 amide bonds. The highest BCUT2D eigenvalue weighted by molar-refractivity contribution is 8.13. The van der Waals surface area contributed by atoms with Crippen molar-refractivity contribution in [3.8, 4) is 0 Å². The van der Waals surface area contributed by atoms with Crippen LogP contribution in [-0.2, 0) is 0 Å². The summed E-state index contributed by atoms with van der Waals surface area (Å²) >= 11 is 0.932. The van der Waals surface area contributed by atoms with E-state index in [0.717, 1.165) is 11.8 Å². The van der Waals surface area contributed by atoms with Gasteiger partial charge in [-0.3, -0.25) is 5.41 Å². The molecule has 8 heteroatoms. The number of nitrogens with one attached hydrogen (secondary N) is 2. The van der Waals surface area contributed by atoms with Crippen LogP contribution in [0.1, 0.15) is 6.92 Å². The first-order valence-corrected chi connectivity index (χ1v) is 4.70. The van der Waals surface area contributed by atoms with Crippen molar-refractivity contribution in [1.82, 2.24) is 15.0 Å². The van der Waals surface area contributed by atoms with Gasteiger partial charge in [-0.2, -0.15) is 15.0 Å². The summed E-state index contributed by atoms with van der Waals surface area (Å²) in [5, 5.41) is 10.2. The molecule has 0 aliphatic heterocycles. The third-order valence-corrected chi connectivity index (χ3v) is 1.75. The number of thioether (sulfide) groups is 1. The van der Waals surface area contributed by atoms with E-state index in [-0.39, 0.29) is 11.1 Å². The molecule has 0 aromatic carbocycles. The largest absolute Gasteiger partial charge is 0.378 e. The molecule has 1 heterocycles. The van der Waals surface area contributed by atoms with Crippen LogP contribution in [-0.4, -0.2) is 26.7 Å². The number of hydrogen-bond donors (Lipinski definition) is 4. The Balaban J connectivity index is 2.88. The zero-order chi connectivity index (χ0) is 10.6. The Morgan fingerprint density at radius 3 is 2.79 bits per heavy atom. The zero-order valence-corrected chi connectivity index (χ0v) is 8.43. The zero-order valence-electron chi connectivity index (χ0n) is 7.61. The second-order valence-corrected chi connectivity index (χ2v) is 3.31. The number of nitrogen functional groups attached to an aromatic ring is 1. The molecule has 0 fully saturated rings. The molecule has 0 aliphatic rings. The van der Waals surface area contributed by atoms with Crippen molar-refractivity contribution in [1.29, 1.82) is 5.41 Å². The smallest absolute Gasteiger partial charge is 0.228 e. The maximum atomic E-state index is 7.05. The number of hydrogen-bond acceptors (Lipinski definition) is 7. The van der Waals surface area contributed by atoms with Gasteiger partial charge in [-0.1, -0.05) is 0 Å². The molecule has 0 aliphatic carbocycles. The Morgan fingerprint density at radius 2 is 2.21 bits per heavy atom. The van der Waals surface area contributed by atoms with Crippen molar-refractivity contribution in [3.63, 3.8) is 0 Å². The van der Waals surface area contributed by atoms with Crippen LogP contribution in [0.5, 0.6) is 0 Å². The minimum atomic E-state index is -0.0851. The molecule has 1 aromatic rings. The van der Waals surface area contributed by atoms with Gasteiger partial charge in [-0.05, 0) is 18.7 Å². The summed E-state index contributed by atoms with van der Waals surface area (Å²) < 4.78 is 0. The maximum absolute atomic E-state index is 7.05. The van der Waals surface area contributed by atoms with Gasteiger partial charge in [0.2, 0.25) is 17.1 Å². The predicted molar refractivity (Wildman–Crippen MR) is 56.2 cm³/mol. The standard InChI is InChI=1S/C6H11N7S/c1-2-10-5-11-4(9)12-6(13-5)14-3(7)8/h2H2,1H3,(H3,7,8)(H3,9,10,11,12,13). The van der Waals surface area contributed by atoms with Crippen LogP contribution in [0.3, 0.4) is 0 Å². The first kappa shape index (κ1) is 10.5. The van der Waals surface area contributed by atoms with Gasteiger partial charge in [0.05, 0.1) is 0 Å². The lowest BCUT2D eigenvalue weighted by atomic mass is 10.7. The van der Waals surface area contributed by atoms with Gasteiger partial charge in [0, 0.05) is 6.54 Å². The van der Waals surface area contributed by atoms with Crippen molar-refractivity contribution >= 4 is 28.8 Å². The molecular weight excluding hydrogens is 202 g/mol. The number of rotatable bonds is 3. The minimum Gasteiger partial charge on any atom is -0.378 e. The molecule has 0 radical (unpaired) electrons. The molecule has 0 spiro atoms. The van der Waals surface area contributed by atoms with Crippen molar-refractivity contribution in [2.24, 2.45) is 5.73 Å². The SMILES string of the molecule is CCNc1nc(N)nc(SC(=N)N)n1. The summed E-state index contributed by atoms with van der Waals surface area (Å²) in [7, 11) is 0. The molecular formula is C6H11N7S. The Labute approximate surface area is 85.2 Å². The Kier molecular flexibility index (Phi) is 3.46. The molecule has 6 N–H and O–H groups in total. The fourth-order valence-corrected chi connectivity index (χ4v) is 1.22. The van der Waals surface area contributed by atoms with Gasteiger partial charge in [0.15, 0.2) is 5.17 Å². The van der Waals surface area contributed by atoms with Crippen molar-refractivity contribution in [2.75, 3.05) is 17.6 Å². The van der Waals surface area contributed by atoms with Crippen LogP contribution in [0, 0.1) is 5.41 Å². The highest BCUT2D eigenvalue weighted by atomic mass is 32.2.